The summed E-state index contributed by atoms with van der Waals surface area (Å²) in [4.78, 5) is 20.8. The van der Waals surface area contributed by atoms with Gasteiger partial charge in [0.05, 0.1) is 10.6 Å². The predicted octanol–water partition coefficient (Wildman–Crippen LogP) is 6.52. The highest BCUT2D eigenvalue weighted by atomic mass is 35.5. The van der Waals surface area contributed by atoms with Crippen molar-refractivity contribution < 1.29 is 4.79 Å². The zero-order chi connectivity index (χ0) is 19.5. The number of amidine groups is 1. The minimum Gasteiger partial charge on any atom is -0.283 e. The first-order valence-electron chi connectivity index (χ1n) is 9.74. The van der Waals surface area contributed by atoms with Crippen LogP contribution >= 0.6 is 23.4 Å². The summed E-state index contributed by atoms with van der Waals surface area (Å²) in [6.45, 7) is 2.25. The first-order valence-corrected chi connectivity index (χ1v) is 10.9. The maximum absolute atomic E-state index is 13.4. The van der Waals surface area contributed by atoms with Crippen LogP contribution in [-0.4, -0.2) is 22.0 Å². The van der Waals surface area contributed by atoms with Gasteiger partial charge >= 0.3 is 0 Å². The molecule has 5 heteroatoms. The maximum atomic E-state index is 13.4. The molecular formula is C23H23ClN2OS. The molecule has 0 bridgehead atoms. The predicted molar refractivity (Wildman–Crippen MR) is 119 cm³/mol. The number of thioether (sulfide) groups is 1. The lowest BCUT2D eigenvalue weighted by Crippen LogP contribution is -2.44. The van der Waals surface area contributed by atoms with Gasteiger partial charge in [0, 0.05) is 11.1 Å². The molecule has 2 fully saturated rings. The van der Waals surface area contributed by atoms with Crippen molar-refractivity contribution in [2.24, 2.45) is 10.9 Å². The Labute approximate surface area is 175 Å². The third kappa shape index (κ3) is 4.18. The van der Waals surface area contributed by atoms with E-state index in [-0.39, 0.29) is 11.9 Å². The van der Waals surface area contributed by atoms with Gasteiger partial charge in [0.25, 0.3) is 5.91 Å². The van der Waals surface area contributed by atoms with Gasteiger partial charge in [-0.1, -0.05) is 61.7 Å². The van der Waals surface area contributed by atoms with E-state index in [1.165, 1.54) is 18.2 Å². The second-order valence-corrected chi connectivity index (χ2v) is 8.84. The van der Waals surface area contributed by atoms with Crippen LogP contribution in [0.3, 0.4) is 0 Å². The molecule has 0 spiro atoms. The standard InChI is InChI=1S/C23H23ClN2OS/c1-16-7-5-6-10-20(16)26-22(27)21(15-17-11-13-18(24)14-12-17)28-23(26)25-19-8-3-2-4-9-19/h2-4,8-9,11-16,20H,5-7,10H2,1H3/b21-15-,25-23?/t16-,20+/m1/s1. The molecule has 0 radical (unpaired) electrons. The second-order valence-electron chi connectivity index (χ2n) is 7.40. The third-order valence-electron chi connectivity index (χ3n) is 5.38. The summed E-state index contributed by atoms with van der Waals surface area (Å²) in [5, 5.41) is 1.48. The lowest BCUT2D eigenvalue weighted by atomic mass is 9.85. The van der Waals surface area contributed by atoms with Crippen molar-refractivity contribution in [3.63, 3.8) is 0 Å². The number of carbonyl (C=O) groups excluding carboxylic acids is 1. The molecule has 2 aromatic carbocycles. The Kier molecular flexibility index (Phi) is 5.88. The van der Waals surface area contributed by atoms with Gasteiger partial charge in [-0.15, -0.1) is 0 Å². The number of hydrogen-bond acceptors (Lipinski definition) is 3. The molecule has 2 atom stereocenters. The maximum Gasteiger partial charge on any atom is 0.267 e. The minimum atomic E-state index is 0.0633. The van der Waals surface area contributed by atoms with E-state index in [1.807, 2.05) is 65.6 Å². The zero-order valence-electron chi connectivity index (χ0n) is 15.8. The van der Waals surface area contributed by atoms with Crippen LogP contribution in [-0.2, 0) is 4.79 Å². The first-order chi connectivity index (χ1) is 13.6. The van der Waals surface area contributed by atoms with E-state index in [0.717, 1.165) is 40.6 Å². The number of amides is 1. The molecule has 0 aromatic heterocycles. The van der Waals surface area contributed by atoms with Gasteiger partial charge in [0.2, 0.25) is 0 Å². The summed E-state index contributed by atoms with van der Waals surface area (Å²) in [5.74, 6) is 0.544. The number of benzene rings is 2. The van der Waals surface area contributed by atoms with Crippen LogP contribution in [0.1, 0.15) is 38.2 Å². The largest absolute Gasteiger partial charge is 0.283 e. The summed E-state index contributed by atoms with van der Waals surface area (Å²) in [6.07, 6.45) is 6.55. The molecule has 1 amide bonds. The third-order valence-corrected chi connectivity index (χ3v) is 6.62. The van der Waals surface area contributed by atoms with Crippen LogP contribution in [0, 0.1) is 5.92 Å². The van der Waals surface area contributed by atoms with Gasteiger partial charge in [-0.3, -0.25) is 9.69 Å². The Hall–Kier alpha value is -2.04. The number of nitrogens with zero attached hydrogens (tertiary/aromatic N) is 2. The molecule has 0 unspecified atom stereocenters. The van der Waals surface area contributed by atoms with E-state index in [0.29, 0.717) is 10.9 Å². The normalized spacial score (nSPS) is 25.6. The molecule has 1 saturated carbocycles. The number of rotatable bonds is 3. The molecule has 1 aliphatic carbocycles. The number of halogens is 1. The Morgan fingerprint density at radius 2 is 1.79 bits per heavy atom. The minimum absolute atomic E-state index is 0.0633. The van der Waals surface area contributed by atoms with Gasteiger partial charge in [0.1, 0.15) is 0 Å². The molecule has 144 valence electrons. The smallest absolute Gasteiger partial charge is 0.267 e. The lowest BCUT2D eigenvalue weighted by Gasteiger charge is -2.35. The average Bonchev–Trinajstić information content (AvgIpc) is 3.00. The quantitative estimate of drug-likeness (QED) is 0.539. The van der Waals surface area contributed by atoms with Crippen LogP contribution in [0.2, 0.25) is 5.02 Å². The molecule has 0 N–H and O–H groups in total. The molecule has 2 aliphatic rings. The van der Waals surface area contributed by atoms with Crippen molar-refractivity contribution in [3.05, 3.63) is 70.1 Å². The second kappa shape index (κ2) is 8.54. The van der Waals surface area contributed by atoms with E-state index < -0.39 is 0 Å². The van der Waals surface area contributed by atoms with Crippen molar-refractivity contribution in [2.75, 3.05) is 0 Å². The average molecular weight is 411 g/mol. The van der Waals surface area contributed by atoms with E-state index >= 15 is 0 Å². The molecule has 2 aromatic rings. The summed E-state index contributed by atoms with van der Waals surface area (Å²) in [5.41, 5.74) is 1.84. The van der Waals surface area contributed by atoms with Crippen LogP contribution in [0.25, 0.3) is 6.08 Å². The Morgan fingerprint density at radius 1 is 1.07 bits per heavy atom. The fourth-order valence-corrected chi connectivity index (χ4v) is 5.03. The highest BCUT2D eigenvalue weighted by molar-refractivity contribution is 8.18. The van der Waals surface area contributed by atoms with Crippen molar-refractivity contribution >= 4 is 46.2 Å². The highest BCUT2D eigenvalue weighted by Crippen LogP contribution is 2.40. The highest BCUT2D eigenvalue weighted by Gasteiger charge is 2.40. The van der Waals surface area contributed by atoms with Gasteiger partial charge in [0.15, 0.2) is 5.17 Å². The van der Waals surface area contributed by atoms with Crippen LogP contribution in [0.5, 0.6) is 0 Å². The van der Waals surface area contributed by atoms with Crippen LogP contribution < -0.4 is 0 Å². The zero-order valence-corrected chi connectivity index (χ0v) is 17.4. The molecule has 1 saturated heterocycles. The molecule has 4 rings (SSSR count). The Bertz CT molecular complexity index is 908. The van der Waals surface area contributed by atoms with E-state index in [1.54, 1.807) is 0 Å². The van der Waals surface area contributed by atoms with E-state index in [2.05, 4.69) is 6.92 Å². The van der Waals surface area contributed by atoms with Gasteiger partial charge in [-0.05, 0) is 66.4 Å². The van der Waals surface area contributed by atoms with E-state index in [4.69, 9.17) is 16.6 Å². The summed E-state index contributed by atoms with van der Waals surface area (Å²) < 4.78 is 0. The van der Waals surface area contributed by atoms with Crippen molar-refractivity contribution in [1.82, 2.24) is 4.90 Å². The fourth-order valence-electron chi connectivity index (χ4n) is 3.86. The number of carbonyl (C=O) groups is 1. The fraction of sp³-hybridized carbons (Fsp3) is 0.304. The Morgan fingerprint density at radius 3 is 2.50 bits per heavy atom. The summed E-state index contributed by atoms with van der Waals surface area (Å²) >= 11 is 7.46. The lowest BCUT2D eigenvalue weighted by molar-refractivity contribution is -0.124. The molecular weight excluding hydrogens is 388 g/mol. The molecule has 1 aliphatic heterocycles. The SMILES string of the molecule is C[C@@H]1CCCC[C@@H]1N1C(=O)/C(=C/c2ccc(Cl)cc2)SC1=Nc1ccccc1. The topological polar surface area (TPSA) is 32.7 Å². The van der Waals surface area contributed by atoms with Gasteiger partial charge in [-0.2, -0.15) is 0 Å². The molecule has 3 nitrogen and oxygen atoms in total. The van der Waals surface area contributed by atoms with Crippen LogP contribution in [0.4, 0.5) is 5.69 Å². The Balaban J connectivity index is 1.71. The summed E-state index contributed by atoms with van der Waals surface area (Å²) in [7, 11) is 0. The molecule has 28 heavy (non-hydrogen) atoms. The molecule has 1 heterocycles. The van der Waals surface area contributed by atoms with Crippen molar-refractivity contribution in [2.45, 2.75) is 38.6 Å². The number of aliphatic imine (C=N–C) groups is 1. The van der Waals surface area contributed by atoms with Gasteiger partial charge in [-0.25, -0.2) is 4.99 Å². The first kappa shape index (κ1) is 19.3. The van der Waals surface area contributed by atoms with Gasteiger partial charge < -0.3 is 0 Å². The van der Waals surface area contributed by atoms with E-state index in [9.17, 15) is 4.79 Å². The van der Waals surface area contributed by atoms with Crippen LogP contribution in [0.15, 0.2) is 64.5 Å². The van der Waals surface area contributed by atoms with Crippen molar-refractivity contribution in [1.29, 1.82) is 0 Å². The number of hydrogen-bond donors (Lipinski definition) is 0. The summed E-state index contributed by atoms with van der Waals surface area (Å²) in [6, 6.07) is 17.6. The number of para-hydroxylation sites is 1. The monoisotopic (exact) mass is 410 g/mol. The van der Waals surface area contributed by atoms with Crippen molar-refractivity contribution in [3.8, 4) is 0 Å².